The molecule has 1 rings (SSSR count). The predicted octanol–water partition coefficient (Wildman–Crippen LogP) is 3.53. The second-order valence-corrected chi connectivity index (χ2v) is 9.03. The zero-order valence-corrected chi connectivity index (χ0v) is 10.7. The summed E-state index contributed by atoms with van der Waals surface area (Å²) in [5, 5.41) is 8.92. The molecule has 1 unspecified atom stereocenters. The third kappa shape index (κ3) is 3.41. The molecule has 0 saturated heterocycles. The van der Waals surface area contributed by atoms with Gasteiger partial charge in [0.2, 0.25) is 8.32 Å². The summed E-state index contributed by atoms with van der Waals surface area (Å²) < 4.78 is 5.94. The molecule has 80 valence electrons. The summed E-state index contributed by atoms with van der Waals surface area (Å²) in [6.07, 6.45) is 0. The fraction of sp³-hybridized carbons (Fsp3) is 0.417. The number of rotatable bonds is 3. The summed E-state index contributed by atoms with van der Waals surface area (Å²) in [6.45, 7) is 8.31. The number of hydrogen-bond acceptors (Lipinski definition) is 2. The topological polar surface area (TPSA) is 33.0 Å². The molecule has 2 nitrogen and oxygen atoms in total. The Morgan fingerprint density at radius 3 is 2.40 bits per heavy atom. The third-order valence-corrected chi connectivity index (χ3v) is 2.83. The number of nitrogens with zero attached hydrogens (tertiary/aromatic N) is 1. The van der Waals surface area contributed by atoms with Gasteiger partial charge in [-0.2, -0.15) is 5.26 Å². The summed E-state index contributed by atoms with van der Waals surface area (Å²) in [7, 11) is -1.60. The van der Waals surface area contributed by atoms with Gasteiger partial charge in [-0.1, -0.05) is 18.2 Å². The van der Waals surface area contributed by atoms with Crippen LogP contribution in [0.5, 0.6) is 5.75 Å². The molecule has 0 aliphatic rings. The van der Waals surface area contributed by atoms with Crippen molar-refractivity contribution in [3.8, 4) is 11.8 Å². The van der Waals surface area contributed by atoms with Crippen LogP contribution in [0.3, 0.4) is 0 Å². The van der Waals surface area contributed by atoms with Gasteiger partial charge in [0.1, 0.15) is 5.75 Å². The lowest BCUT2D eigenvalue weighted by Gasteiger charge is -2.22. The Balaban J connectivity index is 3.03. The van der Waals surface area contributed by atoms with E-state index in [-0.39, 0.29) is 5.92 Å². The minimum atomic E-state index is -1.60. The van der Waals surface area contributed by atoms with Crippen molar-refractivity contribution in [2.45, 2.75) is 32.5 Å². The molecular formula is C12H17NOSi. The van der Waals surface area contributed by atoms with Crippen molar-refractivity contribution < 1.29 is 4.43 Å². The van der Waals surface area contributed by atoms with Crippen molar-refractivity contribution in [3.63, 3.8) is 0 Å². The van der Waals surface area contributed by atoms with E-state index in [4.69, 9.17) is 9.69 Å². The first kappa shape index (κ1) is 11.8. The van der Waals surface area contributed by atoms with Crippen molar-refractivity contribution in [1.82, 2.24) is 0 Å². The van der Waals surface area contributed by atoms with E-state index in [0.29, 0.717) is 0 Å². The van der Waals surface area contributed by atoms with Gasteiger partial charge in [0.15, 0.2) is 0 Å². The lowest BCUT2D eigenvalue weighted by Crippen LogP contribution is -2.29. The average Bonchev–Trinajstić information content (AvgIpc) is 2.15. The molecule has 0 amide bonds. The van der Waals surface area contributed by atoms with E-state index in [2.05, 4.69) is 25.7 Å². The van der Waals surface area contributed by atoms with Crippen LogP contribution in [0.4, 0.5) is 0 Å². The van der Waals surface area contributed by atoms with Gasteiger partial charge < -0.3 is 4.43 Å². The van der Waals surface area contributed by atoms with Crippen molar-refractivity contribution in [1.29, 1.82) is 5.26 Å². The van der Waals surface area contributed by atoms with E-state index in [0.717, 1.165) is 11.3 Å². The molecule has 1 aromatic carbocycles. The molecule has 0 radical (unpaired) electrons. The maximum absolute atomic E-state index is 8.92. The second kappa shape index (κ2) is 4.50. The van der Waals surface area contributed by atoms with Crippen LogP contribution in [0.2, 0.25) is 19.6 Å². The Morgan fingerprint density at radius 1 is 1.27 bits per heavy atom. The first-order chi connectivity index (χ1) is 6.94. The van der Waals surface area contributed by atoms with Crippen LogP contribution < -0.4 is 4.43 Å². The molecule has 1 aromatic rings. The van der Waals surface area contributed by atoms with Gasteiger partial charge in [0.25, 0.3) is 0 Å². The van der Waals surface area contributed by atoms with Crippen LogP contribution in [-0.2, 0) is 0 Å². The molecule has 15 heavy (non-hydrogen) atoms. The highest BCUT2D eigenvalue weighted by Crippen LogP contribution is 2.27. The Labute approximate surface area is 92.6 Å². The minimum Gasteiger partial charge on any atom is -0.544 e. The lowest BCUT2D eigenvalue weighted by atomic mass is 10.0. The zero-order chi connectivity index (χ0) is 11.5. The van der Waals surface area contributed by atoms with Crippen LogP contribution in [0.15, 0.2) is 24.3 Å². The van der Waals surface area contributed by atoms with Crippen LogP contribution in [-0.4, -0.2) is 8.32 Å². The van der Waals surface area contributed by atoms with Crippen molar-refractivity contribution in [2.75, 3.05) is 0 Å². The molecule has 0 saturated carbocycles. The normalized spacial score (nSPS) is 13.0. The molecule has 1 atom stereocenters. The van der Waals surface area contributed by atoms with Crippen molar-refractivity contribution in [3.05, 3.63) is 29.8 Å². The van der Waals surface area contributed by atoms with Gasteiger partial charge in [-0.25, -0.2) is 0 Å². The van der Waals surface area contributed by atoms with E-state index < -0.39 is 8.32 Å². The maximum atomic E-state index is 8.92. The highest BCUT2D eigenvalue weighted by molar-refractivity contribution is 6.70. The smallest absolute Gasteiger partial charge is 0.242 e. The Bertz CT molecular complexity index is 376. The van der Waals surface area contributed by atoms with E-state index in [1.54, 1.807) is 0 Å². The molecule has 0 N–H and O–H groups in total. The van der Waals surface area contributed by atoms with Gasteiger partial charge >= 0.3 is 0 Å². The maximum Gasteiger partial charge on any atom is 0.242 e. The number of hydrogen-bond donors (Lipinski definition) is 0. The van der Waals surface area contributed by atoms with E-state index in [1.165, 1.54) is 0 Å². The molecule has 0 fully saturated rings. The third-order valence-electron chi connectivity index (χ3n) is 2.00. The SMILES string of the molecule is CC(C#N)c1ccccc1O[Si](C)(C)C. The van der Waals surface area contributed by atoms with Gasteiger partial charge in [-0.15, -0.1) is 0 Å². The summed E-state index contributed by atoms with van der Waals surface area (Å²) >= 11 is 0. The average molecular weight is 219 g/mol. The highest BCUT2D eigenvalue weighted by Gasteiger charge is 2.19. The summed E-state index contributed by atoms with van der Waals surface area (Å²) in [5.41, 5.74) is 0.988. The predicted molar refractivity (Wildman–Crippen MR) is 64.4 cm³/mol. The quantitative estimate of drug-likeness (QED) is 0.729. The van der Waals surface area contributed by atoms with E-state index >= 15 is 0 Å². The number of benzene rings is 1. The zero-order valence-electron chi connectivity index (χ0n) is 9.74. The first-order valence-electron chi connectivity index (χ1n) is 5.11. The van der Waals surface area contributed by atoms with E-state index in [1.807, 2.05) is 31.2 Å². The molecule has 0 aromatic heterocycles. The van der Waals surface area contributed by atoms with Gasteiger partial charge in [0.05, 0.1) is 12.0 Å². The van der Waals surface area contributed by atoms with Crippen LogP contribution in [0.1, 0.15) is 18.4 Å². The minimum absolute atomic E-state index is 0.113. The highest BCUT2D eigenvalue weighted by atomic mass is 28.4. The van der Waals surface area contributed by atoms with Gasteiger partial charge in [0, 0.05) is 5.56 Å². The molecular weight excluding hydrogens is 202 g/mol. The van der Waals surface area contributed by atoms with Gasteiger partial charge in [-0.05, 0) is 32.6 Å². The fourth-order valence-corrected chi connectivity index (χ4v) is 2.18. The molecule has 0 heterocycles. The Hall–Kier alpha value is -1.27. The van der Waals surface area contributed by atoms with Crippen LogP contribution in [0.25, 0.3) is 0 Å². The standard InChI is InChI=1S/C12H17NOSi/c1-10(9-13)11-7-5-6-8-12(11)14-15(2,3)4/h5-8,10H,1-4H3. The first-order valence-corrected chi connectivity index (χ1v) is 8.52. The molecule has 0 aliphatic heterocycles. The molecule has 3 heteroatoms. The Morgan fingerprint density at radius 2 is 1.87 bits per heavy atom. The largest absolute Gasteiger partial charge is 0.544 e. The molecule has 0 spiro atoms. The van der Waals surface area contributed by atoms with E-state index in [9.17, 15) is 0 Å². The summed E-state index contributed by atoms with van der Waals surface area (Å²) in [5.74, 6) is 0.753. The van der Waals surface area contributed by atoms with Crippen molar-refractivity contribution in [2.24, 2.45) is 0 Å². The lowest BCUT2D eigenvalue weighted by molar-refractivity contribution is 0.547. The Kier molecular flexibility index (Phi) is 3.54. The van der Waals surface area contributed by atoms with Crippen LogP contribution >= 0.6 is 0 Å². The molecule has 0 aliphatic carbocycles. The summed E-state index contributed by atoms with van der Waals surface area (Å²) in [6, 6.07) is 10.0. The fourth-order valence-electron chi connectivity index (χ4n) is 1.33. The van der Waals surface area contributed by atoms with Crippen molar-refractivity contribution >= 4 is 8.32 Å². The molecule has 0 bridgehead atoms. The van der Waals surface area contributed by atoms with Crippen LogP contribution in [0, 0.1) is 11.3 Å². The van der Waals surface area contributed by atoms with Gasteiger partial charge in [-0.3, -0.25) is 0 Å². The number of nitriles is 1. The monoisotopic (exact) mass is 219 g/mol. The number of para-hydroxylation sites is 1. The second-order valence-electron chi connectivity index (χ2n) is 4.60. The summed E-state index contributed by atoms with van der Waals surface area (Å²) in [4.78, 5) is 0.